The van der Waals surface area contributed by atoms with Crippen LogP contribution in [0, 0.1) is 6.43 Å². The molecule has 0 radical (unpaired) electrons. The Morgan fingerprint density at radius 2 is 0.615 bits per heavy atom. The van der Waals surface area contributed by atoms with Crippen molar-refractivity contribution in [2.24, 2.45) is 0 Å². The first-order valence-electron chi connectivity index (χ1n) is 4.96. The molecule has 18 heteroatoms. The van der Waals surface area contributed by atoms with E-state index in [1.807, 2.05) is 0 Å². The molecule has 0 nitrogen and oxygen atoms in total. The maximum absolute atomic E-state index is 12.7. The summed E-state index contributed by atoms with van der Waals surface area (Å²) in [4.78, 5) is 0. The van der Waals surface area contributed by atoms with Crippen LogP contribution in [0.5, 0.6) is 0 Å². The summed E-state index contributed by atoms with van der Waals surface area (Å²) in [5.74, 6) is -49.4. The summed E-state index contributed by atoms with van der Waals surface area (Å²) in [7, 11) is 0. The predicted molar refractivity (Wildman–Crippen MR) is 41.2 cm³/mol. The van der Waals surface area contributed by atoms with E-state index in [4.69, 9.17) is 0 Å². The van der Waals surface area contributed by atoms with Crippen LogP contribution in [0.25, 0.3) is 0 Å². The predicted octanol–water partition coefficient (Wildman–Crippen LogP) is 5.79. The van der Waals surface area contributed by atoms with Crippen LogP contribution in [0.15, 0.2) is 0 Å². The molecular weight excluding hydrogens is 527 g/mol. The Labute approximate surface area is 146 Å². The number of hydrogen-bond donors (Lipinski definition) is 0. The van der Waals surface area contributed by atoms with Gasteiger partial charge in [0.05, 0.1) is 6.43 Å². The molecule has 0 aliphatic carbocycles. The number of hydrogen-bond acceptors (Lipinski definition) is 0. The van der Waals surface area contributed by atoms with Crippen LogP contribution in [-0.2, 0) is 22.4 Å². The van der Waals surface area contributed by atoms with Crippen molar-refractivity contribution in [3.8, 4) is 0 Å². The van der Waals surface area contributed by atoms with Gasteiger partial charge in [0.2, 0.25) is 0 Å². The average molecular weight is 527 g/mol. The van der Waals surface area contributed by atoms with Gasteiger partial charge in [-0.2, -0.15) is 57.1 Å². The summed E-state index contributed by atoms with van der Waals surface area (Å²) in [5.41, 5.74) is 0. The zero-order chi connectivity index (χ0) is 21.1. The maximum Gasteiger partial charge on any atom is 1.00 e. The van der Waals surface area contributed by atoms with Crippen LogP contribution < -0.4 is 0 Å². The van der Waals surface area contributed by atoms with Crippen molar-refractivity contribution in [2.45, 2.75) is 41.7 Å². The zero-order valence-corrected chi connectivity index (χ0v) is 12.2. The summed E-state index contributed by atoms with van der Waals surface area (Å²) in [6.07, 6.45) is -12.8. The van der Waals surface area contributed by atoms with Crippen molar-refractivity contribution < 1.29 is 97.0 Å². The van der Waals surface area contributed by atoms with Gasteiger partial charge in [0.15, 0.2) is 0 Å². The van der Waals surface area contributed by atoms with E-state index >= 15 is 0 Å². The molecule has 0 saturated carbocycles. The van der Waals surface area contributed by atoms with Crippen molar-refractivity contribution in [3.63, 3.8) is 0 Å². The van der Waals surface area contributed by atoms with E-state index in [-0.39, 0.29) is 22.4 Å². The van der Waals surface area contributed by atoms with Crippen LogP contribution in [-0.4, -0.2) is 41.7 Å². The molecule has 0 heterocycles. The molecule has 0 unspecified atom stereocenters. The summed E-state index contributed by atoms with van der Waals surface area (Å²) in [6.45, 7) is 0. The number of rotatable bonds is 6. The molecule has 0 aromatic carbocycles. The molecule has 0 N–H and O–H groups in total. The fourth-order valence-electron chi connectivity index (χ4n) is 1.09. The van der Waals surface area contributed by atoms with Crippen molar-refractivity contribution in [2.75, 3.05) is 0 Å². The molecule has 0 atom stereocenters. The smallest absolute Gasteiger partial charge is 0.415 e. The number of halogens is 17. The summed E-state index contributed by atoms with van der Waals surface area (Å²) in [6, 6.07) is 0. The van der Waals surface area contributed by atoms with E-state index < -0.39 is 48.1 Å². The second-order valence-corrected chi connectivity index (χ2v) is 4.20. The van der Waals surface area contributed by atoms with E-state index in [2.05, 4.69) is 0 Å². The molecular formula is C8AgF17. The molecule has 162 valence electrons. The normalized spacial score (nSPS) is 15.9. The van der Waals surface area contributed by atoms with E-state index in [0.29, 0.717) is 0 Å². The van der Waals surface area contributed by atoms with E-state index in [9.17, 15) is 74.6 Å². The maximum atomic E-state index is 12.7. The Morgan fingerprint density at radius 3 is 0.846 bits per heavy atom. The summed E-state index contributed by atoms with van der Waals surface area (Å²) < 4.78 is 209. The molecule has 26 heavy (non-hydrogen) atoms. The first kappa shape index (κ1) is 27.8. The fourth-order valence-corrected chi connectivity index (χ4v) is 1.09. The average Bonchev–Trinajstić information content (AvgIpc) is 2.35. The van der Waals surface area contributed by atoms with Crippen LogP contribution in [0.1, 0.15) is 0 Å². The van der Waals surface area contributed by atoms with Gasteiger partial charge in [-0.15, -0.1) is 0 Å². The quantitative estimate of drug-likeness (QED) is 0.234. The third kappa shape index (κ3) is 3.38. The Hall–Kier alpha value is -0.450. The molecule has 0 spiro atoms. The molecule has 0 aliphatic rings. The fraction of sp³-hybridized carbons (Fsp3) is 0.875. The van der Waals surface area contributed by atoms with Gasteiger partial charge in [-0.1, -0.05) is 0 Å². The SMILES string of the molecule is F[C-](F)C(F)(F)C(F)(F)C(F)(F)C(F)(F)C(F)(F)C(F)(F)C(F)(F)F.[Ag+]. The minimum absolute atomic E-state index is 0. The summed E-state index contributed by atoms with van der Waals surface area (Å²) in [5, 5.41) is 0. The Kier molecular flexibility index (Phi) is 7.33. The van der Waals surface area contributed by atoms with Crippen LogP contribution >= 0.6 is 0 Å². The van der Waals surface area contributed by atoms with E-state index in [1.54, 1.807) is 0 Å². The zero-order valence-electron chi connectivity index (χ0n) is 10.7. The molecule has 0 amide bonds. The minimum Gasteiger partial charge on any atom is -0.415 e. The molecule has 0 fully saturated rings. The molecule has 0 rings (SSSR count). The van der Waals surface area contributed by atoms with Gasteiger partial charge >= 0.3 is 58.2 Å². The van der Waals surface area contributed by atoms with Crippen LogP contribution in [0.3, 0.4) is 0 Å². The van der Waals surface area contributed by atoms with E-state index in [0.717, 1.165) is 0 Å². The number of alkyl halides is 15. The standard InChI is InChI=1S/C8F17.Ag/c9-1(10)2(11,12)3(13,14)4(15,16)5(17,18)6(19,20)7(21,22)8(23,24)25;/q-1;+1. The third-order valence-corrected chi connectivity index (χ3v) is 2.57. The van der Waals surface area contributed by atoms with Crippen molar-refractivity contribution >= 4 is 0 Å². The van der Waals surface area contributed by atoms with Gasteiger partial charge < -0.3 is 8.78 Å². The first-order chi connectivity index (χ1) is 10.4. The largest absolute Gasteiger partial charge is 1.00 e. The molecule has 0 aromatic heterocycles. The van der Waals surface area contributed by atoms with Gasteiger partial charge in [0, 0.05) is 0 Å². The van der Waals surface area contributed by atoms with Gasteiger partial charge in [0.1, 0.15) is 0 Å². The summed E-state index contributed by atoms with van der Waals surface area (Å²) >= 11 is 0. The van der Waals surface area contributed by atoms with Crippen LogP contribution in [0.4, 0.5) is 74.6 Å². The minimum atomic E-state index is -8.55. The van der Waals surface area contributed by atoms with Crippen molar-refractivity contribution in [1.82, 2.24) is 0 Å². The monoisotopic (exact) mass is 526 g/mol. The van der Waals surface area contributed by atoms with Crippen LogP contribution in [0.2, 0.25) is 0 Å². The molecule has 0 bridgehead atoms. The van der Waals surface area contributed by atoms with Gasteiger partial charge in [-0.25, -0.2) is 8.78 Å². The molecule has 0 aromatic rings. The molecule has 0 aliphatic heterocycles. The third-order valence-electron chi connectivity index (χ3n) is 2.57. The van der Waals surface area contributed by atoms with Crippen molar-refractivity contribution in [1.29, 1.82) is 0 Å². The second-order valence-electron chi connectivity index (χ2n) is 4.20. The van der Waals surface area contributed by atoms with Crippen molar-refractivity contribution in [3.05, 3.63) is 6.43 Å². The van der Waals surface area contributed by atoms with Gasteiger partial charge in [-0.3, -0.25) is 0 Å². The Balaban J connectivity index is 0. The Bertz CT molecular complexity index is 487. The Morgan fingerprint density at radius 1 is 0.385 bits per heavy atom. The molecule has 0 saturated heterocycles. The second kappa shape index (κ2) is 6.86. The topological polar surface area (TPSA) is 0 Å². The van der Waals surface area contributed by atoms with Gasteiger partial charge in [-0.05, 0) is 0 Å². The van der Waals surface area contributed by atoms with E-state index in [1.165, 1.54) is 0 Å². The van der Waals surface area contributed by atoms with Gasteiger partial charge in [0.25, 0.3) is 5.92 Å². The first-order valence-corrected chi connectivity index (χ1v) is 4.96.